The van der Waals surface area contributed by atoms with Gasteiger partial charge in [0.05, 0.1) is 0 Å². The smallest absolute Gasteiger partial charge is 0.321 e. The van der Waals surface area contributed by atoms with E-state index < -0.39 is 0 Å². The van der Waals surface area contributed by atoms with Crippen molar-refractivity contribution in [2.75, 3.05) is 5.32 Å². The fraction of sp³-hybridized carbons (Fsp3) is 0.400. The monoisotopic (exact) mass is 336 g/mol. The number of amides is 2. The van der Waals surface area contributed by atoms with E-state index >= 15 is 0 Å². The van der Waals surface area contributed by atoms with Crippen LogP contribution in [0.2, 0.25) is 0 Å². The summed E-state index contributed by atoms with van der Waals surface area (Å²) in [6, 6.07) is 8.01. The SMILES string of the molecule is Cc1ccccc1CSc1nnc(NC(=O)NC(C)(C)C)s1. The second-order valence-electron chi connectivity index (χ2n) is 5.92. The Hall–Kier alpha value is -1.60. The molecule has 1 aromatic heterocycles. The molecule has 2 rings (SSSR count). The number of aromatic nitrogens is 2. The van der Waals surface area contributed by atoms with E-state index in [0.717, 1.165) is 10.1 Å². The Labute approximate surface area is 138 Å². The lowest BCUT2D eigenvalue weighted by Crippen LogP contribution is -2.43. The third kappa shape index (κ3) is 5.31. The summed E-state index contributed by atoms with van der Waals surface area (Å²) in [5.74, 6) is 0.843. The molecule has 118 valence electrons. The number of benzene rings is 1. The number of carbonyl (C=O) groups is 1. The molecule has 0 aliphatic carbocycles. The van der Waals surface area contributed by atoms with Crippen LogP contribution in [0, 0.1) is 6.92 Å². The second-order valence-corrected chi connectivity index (χ2v) is 8.12. The molecule has 22 heavy (non-hydrogen) atoms. The summed E-state index contributed by atoms with van der Waals surface area (Å²) < 4.78 is 0.842. The molecule has 1 heterocycles. The summed E-state index contributed by atoms with van der Waals surface area (Å²) in [4.78, 5) is 11.8. The Morgan fingerprint density at radius 1 is 1.27 bits per heavy atom. The molecule has 0 saturated heterocycles. The van der Waals surface area contributed by atoms with Crippen molar-refractivity contribution < 1.29 is 4.79 Å². The van der Waals surface area contributed by atoms with E-state index in [-0.39, 0.29) is 11.6 Å². The molecule has 0 radical (unpaired) electrons. The largest absolute Gasteiger partial charge is 0.333 e. The third-order valence-electron chi connectivity index (χ3n) is 2.73. The standard InChI is InChI=1S/C15H20N4OS2/c1-10-7-5-6-8-11(10)9-21-14-19-18-13(22-14)16-12(20)17-15(2,3)4/h5-8H,9H2,1-4H3,(H2,16,17,18,20). The molecule has 2 aromatic rings. The summed E-state index contributed by atoms with van der Waals surface area (Å²) in [6.45, 7) is 7.88. The van der Waals surface area contributed by atoms with Crippen LogP contribution in [0.15, 0.2) is 28.6 Å². The fourth-order valence-corrected chi connectivity index (χ4v) is 3.52. The Morgan fingerprint density at radius 3 is 2.68 bits per heavy atom. The van der Waals surface area contributed by atoms with Gasteiger partial charge in [0.2, 0.25) is 5.13 Å². The molecule has 0 fully saturated rings. The lowest BCUT2D eigenvalue weighted by Gasteiger charge is -2.19. The molecule has 1 aromatic carbocycles. The number of anilines is 1. The van der Waals surface area contributed by atoms with Gasteiger partial charge in [-0.2, -0.15) is 0 Å². The molecule has 0 bridgehead atoms. The van der Waals surface area contributed by atoms with Gasteiger partial charge in [-0.1, -0.05) is 47.4 Å². The first kappa shape index (κ1) is 16.8. The molecule has 0 aliphatic rings. The van der Waals surface area contributed by atoms with Crippen LogP contribution in [-0.4, -0.2) is 21.8 Å². The van der Waals surface area contributed by atoms with Gasteiger partial charge in [-0.25, -0.2) is 4.79 Å². The van der Waals surface area contributed by atoms with Crippen LogP contribution in [0.1, 0.15) is 31.9 Å². The maximum Gasteiger partial charge on any atom is 0.321 e. The van der Waals surface area contributed by atoms with Crippen molar-refractivity contribution >= 4 is 34.3 Å². The summed E-state index contributed by atoms with van der Waals surface area (Å²) >= 11 is 3.00. The zero-order valence-electron chi connectivity index (χ0n) is 13.1. The van der Waals surface area contributed by atoms with Crippen molar-refractivity contribution in [2.24, 2.45) is 0 Å². The number of thioether (sulfide) groups is 1. The molecule has 7 heteroatoms. The van der Waals surface area contributed by atoms with Gasteiger partial charge in [0, 0.05) is 11.3 Å². The summed E-state index contributed by atoms with van der Waals surface area (Å²) in [5, 5.41) is 14.1. The van der Waals surface area contributed by atoms with Crippen molar-refractivity contribution in [2.45, 2.75) is 43.3 Å². The molecule has 5 nitrogen and oxygen atoms in total. The van der Waals surface area contributed by atoms with E-state index in [1.165, 1.54) is 22.5 Å². The summed E-state index contributed by atoms with van der Waals surface area (Å²) in [5.41, 5.74) is 2.27. The molecule has 0 aliphatic heterocycles. The summed E-state index contributed by atoms with van der Waals surface area (Å²) in [7, 11) is 0. The van der Waals surface area contributed by atoms with Crippen molar-refractivity contribution in [3.63, 3.8) is 0 Å². The number of hydrogen-bond donors (Lipinski definition) is 2. The molecule has 0 spiro atoms. The van der Waals surface area contributed by atoms with Crippen LogP contribution < -0.4 is 10.6 Å². The van der Waals surface area contributed by atoms with Crippen LogP contribution in [0.25, 0.3) is 0 Å². The van der Waals surface area contributed by atoms with Crippen LogP contribution in [0.4, 0.5) is 9.93 Å². The molecule has 2 amide bonds. The van der Waals surface area contributed by atoms with Gasteiger partial charge < -0.3 is 5.32 Å². The van der Waals surface area contributed by atoms with E-state index in [0.29, 0.717) is 5.13 Å². The van der Waals surface area contributed by atoms with Gasteiger partial charge in [0.1, 0.15) is 0 Å². The highest BCUT2D eigenvalue weighted by Gasteiger charge is 2.15. The highest BCUT2D eigenvalue weighted by molar-refractivity contribution is 8.00. The number of nitrogens with one attached hydrogen (secondary N) is 2. The first-order valence-corrected chi connectivity index (χ1v) is 8.74. The predicted molar refractivity (Wildman–Crippen MR) is 92.6 cm³/mol. The maximum atomic E-state index is 11.8. The van der Waals surface area contributed by atoms with E-state index in [2.05, 4.69) is 39.9 Å². The van der Waals surface area contributed by atoms with Gasteiger partial charge in [0.25, 0.3) is 0 Å². The van der Waals surface area contributed by atoms with Crippen molar-refractivity contribution in [3.05, 3.63) is 35.4 Å². The van der Waals surface area contributed by atoms with E-state index in [1.807, 2.05) is 32.9 Å². The molecule has 0 saturated carbocycles. The van der Waals surface area contributed by atoms with E-state index in [9.17, 15) is 4.79 Å². The maximum absolute atomic E-state index is 11.8. The van der Waals surface area contributed by atoms with Crippen molar-refractivity contribution in [1.29, 1.82) is 0 Å². The van der Waals surface area contributed by atoms with Crippen LogP contribution >= 0.6 is 23.1 Å². The van der Waals surface area contributed by atoms with Gasteiger partial charge in [0.15, 0.2) is 4.34 Å². The summed E-state index contributed by atoms with van der Waals surface area (Å²) in [6.07, 6.45) is 0. The number of aryl methyl sites for hydroxylation is 1. The minimum atomic E-state index is -0.281. The Kier molecular flexibility index (Phi) is 5.42. The first-order valence-electron chi connectivity index (χ1n) is 6.93. The molecular weight excluding hydrogens is 316 g/mol. The van der Waals surface area contributed by atoms with Gasteiger partial charge in [-0.15, -0.1) is 10.2 Å². The zero-order chi connectivity index (χ0) is 16.2. The fourth-order valence-electron chi connectivity index (χ4n) is 1.70. The normalized spacial score (nSPS) is 11.3. The zero-order valence-corrected chi connectivity index (χ0v) is 14.8. The first-order chi connectivity index (χ1) is 10.3. The number of carbonyl (C=O) groups excluding carboxylic acids is 1. The van der Waals surface area contributed by atoms with Crippen molar-refractivity contribution in [3.8, 4) is 0 Å². The van der Waals surface area contributed by atoms with Gasteiger partial charge in [-0.3, -0.25) is 5.32 Å². The van der Waals surface area contributed by atoms with Gasteiger partial charge in [-0.05, 0) is 38.8 Å². The topological polar surface area (TPSA) is 66.9 Å². The Balaban J connectivity index is 1.89. The highest BCUT2D eigenvalue weighted by Crippen LogP contribution is 2.29. The van der Waals surface area contributed by atoms with Gasteiger partial charge >= 0.3 is 6.03 Å². The Bertz CT molecular complexity index is 649. The average molecular weight is 336 g/mol. The van der Waals surface area contributed by atoms with E-state index in [4.69, 9.17) is 0 Å². The Morgan fingerprint density at radius 2 is 2.00 bits per heavy atom. The molecule has 0 atom stereocenters. The number of nitrogens with zero attached hydrogens (tertiary/aromatic N) is 2. The minimum absolute atomic E-state index is 0.265. The lowest BCUT2D eigenvalue weighted by atomic mass is 10.1. The quantitative estimate of drug-likeness (QED) is 0.653. The number of rotatable bonds is 4. The highest BCUT2D eigenvalue weighted by atomic mass is 32.2. The third-order valence-corrected chi connectivity index (χ3v) is 4.75. The van der Waals surface area contributed by atoms with Crippen molar-refractivity contribution in [1.82, 2.24) is 15.5 Å². The minimum Gasteiger partial charge on any atom is -0.333 e. The molecule has 2 N–H and O–H groups in total. The van der Waals surface area contributed by atoms with Crippen LogP contribution in [0.3, 0.4) is 0 Å². The number of urea groups is 1. The predicted octanol–water partition coefficient (Wildman–Crippen LogP) is 4.06. The number of hydrogen-bond acceptors (Lipinski definition) is 5. The molecular formula is C15H20N4OS2. The average Bonchev–Trinajstić information content (AvgIpc) is 2.83. The second kappa shape index (κ2) is 7.11. The lowest BCUT2D eigenvalue weighted by molar-refractivity contribution is 0.244. The van der Waals surface area contributed by atoms with Crippen LogP contribution in [0.5, 0.6) is 0 Å². The van der Waals surface area contributed by atoms with E-state index in [1.54, 1.807) is 11.8 Å². The van der Waals surface area contributed by atoms with Crippen LogP contribution in [-0.2, 0) is 5.75 Å². The molecule has 0 unspecified atom stereocenters.